The predicted molar refractivity (Wildman–Crippen MR) is 105 cm³/mol. The molecule has 5 nitrogen and oxygen atoms in total. The first-order chi connectivity index (χ1) is 12.2. The maximum absolute atomic E-state index is 11.7. The third-order valence-electron chi connectivity index (χ3n) is 3.69. The van der Waals surface area contributed by atoms with E-state index < -0.39 is 26.2 Å². The Morgan fingerprint density at radius 2 is 1.81 bits per heavy atom. The van der Waals surface area contributed by atoms with Gasteiger partial charge in [-0.25, -0.2) is 4.79 Å². The lowest BCUT2D eigenvalue weighted by Gasteiger charge is -2.15. The highest BCUT2D eigenvalue weighted by molar-refractivity contribution is 7.91. The van der Waals surface area contributed by atoms with Crippen LogP contribution < -0.4 is 0 Å². The van der Waals surface area contributed by atoms with Crippen molar-refractivity contribution in [2.75, 3.05) is 6.61 Å². The summed E-state index contributed by atoms with van der Waals surface area (Å²) in [5.41, 5.74) is 2.29. The van der Waals surface area contributed by atoms with Gasteiger partial charge in [0.15, 0.2) is 0 Å². The number of rotatable bonds is 7. The van der Waals surface area contributed by atoms with Crippen LogP contribution in [0, 0.1) is 0 Å². The molecule has 0 heterocycles. The quantitative estimate of drug-likeness (QED) is 0.424. The van der Waals surface area contributed by atoms with Crippen molar-refractivity contribution in [1.29, 1.82) is 0 Å². The molecular weight excluding hydrogens is 396 g/mol. The first kappa shape index (κ1) is 20.5. The van der Waals surface area contributed by atoms with Gasteiger partial charge in [-0.1, -0.05) is 66.3 Å². The van der Waals surface area contributed by atoms with Crippen LogP contribution in [0.5, 0.6) is 0 Å². The average molecular weight is 413 g/mol. The van der Waals surface area contributed by atoms with Crippen LogP contribution in [0.25, 0.3) is 11.1 Å². The Kier molecular flexibility index (Phi) is 6.88. The maximum Gasteiger partial charge on any atom is 0.346 e. The topological polar surface area (TPSA) is 80.7 Å². The third kappa shape index (κ3) is 5.11. The molecule has 1 N–H and O–H groups in total. The number of carbonyl (C=O) groups is 1. The number of carbonyl (C=O) groups excluding carboxylic acids is 1. The van der Waals surface area contributed by atoms with Gasteiger partial charge in [0.25, 0.3) is 10.1 Å². The van der Waals surface area contributed by atoms with Gasteiger partial charge >= 0.3 is 5.97 Å². The fourth-order valence-corrected chi connectivity index (χ4v) is 3.92. The number of hydrogen-bond donors (Lipinski definition) is 1. The number of esters is 1. The largest absolute Gasteiger partial charge is 0.462 e. The molecular formula is C18H17ClO5S2. The Balaban J connectivity index is 2.25. The minimum atomic E-state index is -4.56. The molecule has 26 heavy (non-hydrogen) atoms. The van der Waals surface area contributed by atoms with Gasteiger partial charge in [0, 0.05) is 10.6 Å². The molecule has 0 aromatic heterocycles. The Bertz CT molecular complexity index is 907. The van der Waals surface area contributed by atoms with Gasteiger partial charge in [-0.2, -0.15) is 8.42 Å². The van der Waals surface area contributed by atoms with Gasteiger partial charge in [-0.3, -0.25) is 4.55 Å². The van der Waals surface area contributed by atoms with Crippen LogP contribution in [0.3, 0.4) is 0 Å². The average Bonchev–Trinajstić information content (AvgIpc) is 2.59. The molecule has 0 amide bonds. The standard InChI is InChI=1S/C18H17ClO5S2/c1-2-24-18(20)17(25)16(26(21,22)23)11-12-7-9-13(10-8-12)14-5-3-4-6-15(14)19/h3-10,16H,2,11H2,1H3,(H,21,22,23). The smallest absolute Gasteiger partial charge is 0.346 e. The molecule has 138 valence electrons. The van der Waals surface area contributed by atoms with Gasteiger partial charge in [-0.15, -0.1) is 0 Å². The fraction of sp³-hybridized carbons (Fsp3) is 0.222. The van der Waals surface area contributed by atoms with E-state index in [1.807, 2.05) is 18.2 Å². The number of benzene rings is 2. The van der Waals surface area contributed by atoms with Crippen molar-refractivity contribution < 1.29 is 22.5 Å². The highest BCUT2D eigenvalue weighted by Gasteiger charge is 2.33. The summed E-state index contributed by atoms with van der Waals surface area (Å²) in [7, 11) is -4.56. The molecule has 2 aromatic rings. The highest BCUT2D eigenvalue weighted by Crippen LogP contribution is 2.28. The molecule has 0 fully saturated rings. The molecule has 0 spiro atoms. The summed E-state index contributed by atoms with van der Waals surface area (Å²) < 4.78 is 37.5. The van der Waals surface area contributed by atoms with Gasteiger partial charge in [0.1, 0.15) is 10.1 Å². The summed E-state index contributed by atoms with van der Waals surface area (Å²) in [5, 5.41) is -0.942. The lowest BCUT2D eigenvalue weighted by Crippen LogP contribution is -2.36. The zero-order valence-corrected chi connectivity index (χ0v) is 16.3. The van der Waals surface area contributed by atoms with Crippen molar-refractivity contribution in [3.8, 4) is 11.1 Å². The zero-order chi connectivity index (χ0) is 19.3. The molecule has 0 saturated heterocycles. The Morgan fingerprint density at radius 1 is 1.19 bits per heavy atom. The van der Waals surface area contributed by atoms with Crippen molar-refractivity contribution in [3.05, 3.63) is 59.1 Å². The number of halogens is 1. The third-order valence-corrected chi connectivity index (χ3v) is 5.74. The van der Waals surface area contributed by atoms with Crippen molar-refractivity contribution >= 4 is 44.8 Å². The number of thiocarbonyl (C=S) groups is 1. The van der Waals surface area contributed by atoms with Crippen LogP contribution >= 0.6 is 23.8 Å². The van der Waals surface area contributed by atoms with Gasteiger partial charge in [-0.05, 0) is 30.5 Å². The van der Waals surface area contributed by atoms with Gasteiger partial charge in [0.05, 0.1) is 6.61 Å². The summed E-state index contributed by atoms with van der Waals surface area (Å²) in [6, 6.07) is 14.3. The lowest BCUT2D eigenvalue weighted by atomic mass is 10.0. The van der Waals surface area contributed by atoms with E-state index in [1.54, 1.807) is 37.3 Å². The van der Waals surface area contributed by atoms with Crippen molar-refractivity contribution in [3.63, 3.8) is 0 Å². The van der Waals surface area contributed by atoms with E-state index in [0.29, 0.717) is 10.6 Å². The molecule has 1 unspecified atom stereocenters. The van der Waals surface area contributed by atoms with Gasteiger partial charge in [0.2, 0.25) is 0 Å². The SMILES string of the molecule is CCOC(=O)C(=S)C(Cc1ccc(-c2ccccc2Cl)cc1)S(=O)(=O)O. The molecule has 0 aliphatic heterocycles. The molecule has 0 aliphatic carbocycles. The van der Waals surface area contributed by atoms with E-state index in [2.05, 4.69) is 0 Å². The minimum absolute atomic E-state index is 0.0592. The summed E-state index contributed by atoms with van der Waals surface area (Å²) in [6.45, 7) is 1.64. The molecule has 0 bridgehead atoms. The second kappa shape index (κ2) is 8.73. The van der Waals surface area contributed by atoms with E-state index in [1.165, 1.54) is 0 Å². The van der Waals surface area contributed by atoms with E-state index in [0.717, 1.165) is 11.1 Å². The van der Waals surface area contributed by atoms with Crippen LogP contribution in [0.1, 0.15) is 12.5 Å². The predicted octanol–water partition coefficient (Wildman–Crippen LogP) is 3.74. The fourth-order valence-electron chi connectivity index (χ4n) is 2.40. The van der Waals surface area contributed by atoms with Crippen LogP contribution in [-0.4, -0.2) is 35.7 Å². The highest BCUT2D eigenvalue weighted by atomic mass is 35.5. The van der Waals surface area contributed by atoms with Crippen molar-refractivity contribution in [2.24, 2.45) is 0 Å². The molecule has 0 saturated carbocycles. The zero-order valence-electron chi connectivity index (χ0n) is 13.9. The summed E-state index contributed by atoms with van der Waals surface area (Å²) in [6.07, 6.45) is -0.140. The van der Waals surface area contributed by atoms with E-state index >= 15 is 0 Å². The summed E-state index contributed by atoms with van der Waals surface area (Å²) in [5.74, 6) is -0.919. The van der Waals surface area contributed by atoms with E-state index in [4.69, 9.17) is 28.6 Å². The van der Waals surface area contributed by atoms with Crippen LogP contribution in [-0.2, 0) is 26.1 Å². The number of ether oxygens (including phenoxy) is 1. The van der Waals surface area contributed by atoms with Gasteiger partial charge < -0.3 is 4.74 Å². The molecule has 2 aromatic carbocycles. The van der Waals surface area contributed by atoms with E-state index in [9.17, 15) is 17.8 Å². The Morgan fingerprint density at radius 3 is 2.35 bits per heavy atom. The molecule has 1 atom stereocenters. The number of hydrogen-bond acceptors (Lipinski definition) is 5. The second-order valence-corrected chi connectivity index (χ2v) is 7.92. The molecule has 2 rings (SSSR count). The van der Waals surface area contributed by atoms with Crippen molar-refractivity contribution in [2.45, 2.75) is 18.6 Å². The maximum atomic E-state index is 11.7. The van der Waals surface area contributed by atoms with E-state index in [-0.39, 0.29) is 13.0 Å². The monoisotopic (exact) mass is 412 g/mol. The van der Waals surface area contributed by atoms with Crippen molar-refractivity contribution in [1.82, 2.24) is 0 Å². The Hall–Kier alpha value is -1.80. The summed E-state index contributed by atoms with van der Waals surface area (Å²) >= 11 is 11.1. The van der Waals surface area contributed by atoms with Crippen LogP contribution in [0.15, 0.2) is 48.5 Å². The first-order valence-electron chi connectivity index (χ1n) is 7.75. The first-order valence-corrected chi connectivity index (χ1v) is 10.0. The molecule has 8 heteroatoms. The molecule has 0 radical (unpaired) electrons. The lowest BCUT2D eigenvalue weighted by molar-refractivity contribution is -0.134. The summed E-state index contributed by atoms with van der Waals surface area (Å²) in [4.78, 5) is 11.3. The van der Waals surface area contributed by atoms with Crippen LogP contribution in [0.4, 0.5) is 0 Å². The minimum Gasteiger partial charge on any atom is -0.462 e. The Labute approximate surface area is 162 Å². The van der Waals surface area contributed by atoms with Crippen LogP contribution in [0.2, 0.25) is 5.02 Å². The normalized spacial score (nSPS) is 12.4. The second-order valence-electron chi connectivity index (χ2n) is 5.47. The molecule has 0 aliphatic rings.